The summed E-state index contributed by atoms with van der Waals surface area (Å²) in [5.41, 5.74) is 0. The maximum atomic E-state index is 8.27. The summed E-state index contributed by atoms with van der Waals surface area (Å²) in [5, 5.41) is 11.5. The summed E-state index contributed by atoms with van der Waals surface area (Å²) in [7, 11) is 0. The van der Waals surface area contributed by atoms with Crippen molar-refractivity contribution in [3.8, 4) is 6.07 Å². The second kappa shape index (κ2) is 11.2. The molecule has 0 bridgehead atoms. The first-order valence-electron chi connectivity index (χ1n) is 5.14. The smallest absolute Gasteiger partial charge is 0.0635 e. The number of rotatable bonds is 8. The molecular formula is C11H20N2. The topological polar surface area (TPSA) is 35.8 Å². The number of allylic oxidation sites excluding steroid dienone is 2. The van der Waals surface area contributed by atoms with Gasteiger partial charge in [0.2, 0.25) is 0 Å². The first kappa shape index (κ1) is 12.2. The minimum atomic E-state index is 0.621. The molecule has 13 heavy (non-hydrogen) atoms. The van der Waals surface area contributed by atoms with Crippen LogP contribution in [0.25, 0.3) is 0 Å². The lowest BCUT2D eigenvalue weighted by molar-refractivity contribution is 0.632. The second-order valence-electron chi connectivity index (χ2n) is 3.03. The molecule has 0 aliphatic heterocycles. The molecule has 0 amide bonds. The van der Waals surface area contributed by atoms with Gasteiger partial charge in [0.15, 0.2) is 0 Å². The third-order valence-corrected chi connectivity index (χ3v) is 1.79. The standard InChI is InChI=1S/C11H20N2/c1-2-3-4-5-6-7-10-13-11-8-9-12/h3-4,13H,2,5-8,10-11H2,1H3/b4-3+. The number of hydrogen-bond acceptors (Lipinski definition) is 2. The SMILES string of the molecule is CC/C=C/CCCCNCCC#N. The van der Waals surface area contributed by atoms with Crippen LogP contribution in [0.5, 0.6) is 0 Å². The molecule has 2 heteroatoms. The van der Waals surface area contributed by atoms with Crippen LogP contribution in [0.15, 0.2) is 12.2 Å². The summed E-state index contributed by atoms with van der Waals surface area (Å²) in [6.07, 6.45) is 9.86. The van der Waals surface area contributed by atoms with Crippen molar-refractivity contribution in [3.05, 3.63) is 12.2 Å². The van der Waals surface area contributed by atoms with Gasteiger partial charge in [0, 0.05) is 13.0 Å². The number of nitrogens with one attached hydrogen (secondary N) is 1. The van der Waals surface area contributed by atoms with Gasteiger partial charge in [-0.3, -0.25) is 0 Å². The molecule has 0 atom stereocenters. The van der Waals surface area contributed by atoms with E-state index in [1.807, 2.05) is 0 Å². The van der Waals surface area contributed by atoms with Gasteiger partial charge in [0.05, 0.1) is 6.07 Å². The zero-order valence-corrected chi connectivity index (χ0v) is 8.55. The van der Waals surface area contributed by atoms with Crippen molar-refractivity contribution < 1.29 is 0 Å². The van der Waals surface area contributed by atoms with E-state index in [0.717, 1.165) is 19.5 Å². The average Bonchev–Trinajstić information content (AvgIpc) is 2.16. The Morgan fingerprint density at radius 2 is 2.08 bits per heavy atom. The number of unbranched alkanes of at least 4 members (excludes halogenated alkanes) is 2. The molecule has 0 rings (SSSR count). The van der Waals surface area contributed by atoms with Crippen LogP contribution in [0.2, 0.25) is 0 Å². The third kappa shape index (κ3) is 11.2. The fourth-order valence-corrected chi connectivity index (χ4v) is 1.07. The van der Waals surface area contributed by atoms with Crippen LogP contribution >= 0.6 is 0 Å². The molecule has 74 valence electrons. The third-order valence-electron chi connectivity index (χ3n) is 1.79. The lowest BCUT2D eigenvalue weighted by atomic mass is 10.2. The highest BCUT2D eigenvalue weighted by molar-refractivity contribution is 4.79. The maximum Gasteiger partial charge on any atom is 0.0635 e. The Morgan fingerprint density at radius 1 is 1.23 bits per heavy atom. The molecular weight excluding hydrogens is 160 g/mol. The number of nitriles is 1. The Hall–Kier alpha value is -0.810. The highest BCUT2D eigenvalue weighted by Gasteiger charge is 1.86. The van der Waals surface area contributed by atoms with Crippen molar-refractivity contribution in [2.45, 2.75) is 39.0 Å². The zero-order valence-electron chi connectivity index (χ0n) is 8.55. The molecule has 1 N–H and O–H groups in total. The second-order valence-corrected chi connectivity index (χ2v) is 3.03. The largest absolute Gasteiger partial charge is 0.316 e. The fourth-order valence-electron chi connectivity index (χ4n) is 1.07. The predicted octanol–water partition coefficient (Wildman–Crippen LogP) is 2.63. The average molecular weight is 180 g/mol. The molecule has 0 aromatic heterocycles. The molecule has 0 saturated carbocycles. The van der Waals surface area contributed by atoms with Gasteiger partial charge >= 0.3 is 0 Å². The van der Waals surface area contributed by atoms with Gasteiger partial charge in [-0.15, -0.1) is 0 Å². The van der Waals surface area contributed by atoms with E-state index in [-0.39, 0.29) is 0 Å². The summed E-state index contributed by atoms with van der Waals surface area (Å²) in [4.78, 5) is 0. The van der Waals surface area contributed by atoms with Crippen LogP contribution in [0.1, 0.15) is 39.0 Å². The van der Waals surface area contributed by atoms with Crippen molar-refractivity contribution in [2.24, 2.45) is 0 Å². The number of hydrogen-bond donors (Lipinski definition) is 1. The molecule has 0 radical (unpaired) electrons. The van der Waals surface area contributed by atoms with E-state index in [9.17, 15) is 0 Å². The monoisotopic (exact) mass is 180 g/mol. The first-order valence-corrected chi connectivity index (χ1v) is 5.14. The molecule has 0 unspecified atom stereocenters. The number of nitrogens with zero attached hydrogens (tertiary/aromatic N) is 1. The van der Waals surface area contributed by atoms with Crippen LogP contribution in [-0.2, 0) is 0 Å². The van der Waals surface area contributed by atoms with Gasteiger partial charge in [-0.05, 0) is 32.2 Å². The molecule has 0 heterocycles. The van der Waals surface area contributed by atoms with Crippen LogP contribution in [0.3, 0.4) is 0 Å². The summed E-state index contributed by atoms with van der Waals surface area (Å²) < 4.78 is 0. The lowest BCUT2D eigenvalue weighted by Crippen LogP contribution is -2.15. The Bertz CT molecular complexity index is 156. The molecule has 0 fully saturated rings. The van der Waals surface area contributed by atoms with Gasteiger partial charge in [-0.1, -0.05) is 19.1 Å². The molecule has 0 aliphatic carbocycles. The summed E-state index contributed by atoms with van der Waals surface area (Å²) in [6, 6.07) is 2.11. The molecule has 0 aromatic carbocycles. The van der Waals surface area contributed by atoms with Crippen LogP contribution in [-0.4, -0.2) is 13.1 Å². The van der Waals surface area contributed by atoms with Crippen LogP contribution < -0.4 is 5.32 Å². The van der Waals surface area contributed by atoms with E-state index in [1.54, 1.807) is 0 Å². The maximum absolute atomic E-state index is 8.27. The van der Waals surface area contributed by atoms with Crippen LogP contribution in [0, 0.1) is 11.3 Å². The minimum absolute atomic E-state index is 0.621. The van der Waals surface area contributed by atoms with Crippen LogP contribution in [0.4, 0.5) is 0 Å². The normalized spacial score (nSPS) is 10.5. The summed E-state index contributed by atoms with van der Waals surface area (Å²) in [6.45, 7) is 4.03. The molecule has 0 aliphatic rings. The van der Waals surface area contributed by atoms with Crippen molar-refractivity contribution in [3.63, 3.8) is 0 Å². The van der Waals surface area contributed by atoms with Gasteiger partial charge in [-0.25, -0.2) is 0 Å². The highest BCUT2D eigenvalue weighted by Crippen LogP contribution is 1.96. The van der Waals surface area contributed by atoms with E-state index >= 15 is 0 Å². The van der Waals surface area contributed by atoms with E-state index in [2.05, 4.69) is 30.5 Å². The predicted molar refractivity (Wildman–Crippen MR) is 56.4 cm³/mol. The van der Waals surface area contributed by atoms with Crippen molar-refractivity contribution >= 4 is 0 Å². The van der Waals surface area contributed by atoms with E-state index in [1.165, 1.54) is 19.3 Å². The molecule has 0 spiro atoms. The van der Waals surface area contributed by atoms with Gasteiger partial charge in [-0.2, -0.15) is 5.26 Å². The minimum Gasteiger partial charge on any atom is -0.316 e. The summed E-state index contributed by atoms with van der Waals surface area (Å²) >= 11 is 0. The Morgan fingerprint density at radius 3 is 2.77 bits per heavy atom. The summed E-state index contributed by atoms with van der Waals surface area (Å²) in [5.74, 6) is 0. The Labute approximate surface area is 81.6 Å². The van der Waals surface area contributed by atoms with Crippen molar-refractivity contribution in [1.82, 2.24) is 5.32 Å². The fraction of sp³-hybridized carbons (Fsp3) is 0.727. The van der Waals surface area contributed by atoms with Gasteiger partial charge in [0.1, 0.15) is 0 Å². The zero-order chi connectivity index (χ0) is 9.78. The van der Waals surface area contributed by atoms with Crippen molar-refractivity contribution in [2.75, 3.05) is 13.1 Å². The Balaban J connectivity index is 2.92. The van der Waals surface area contributed by atoms with Gasteiger partial charge < -0.3 is 5.32 Å². The first-order chi connectivity index (χ1) is 6.41. The van der Waals surface area contributed by atoms with E-state index < -0.39 is 0 Å². The van der Waals surface area contributed by atoms with Gasteiger partial charge in [0.25, 0.3) is 0 Å². The highest BCUT2D eigenvalue weighted by atomic mass is 14.8. The van der Waals surface area contributed by atoms with E-state index in [4.69, 9.17) is 5.26 Å². The quantitative estimate of drug-likeness (QED) is 0.460. The lowest BCUT2D eigenvalue weighted by Gasteiger charge is -1.99. The molecule has 0 saturated heterocycles. The van der Waals surface area contributed by atoms with E-state index in [0.29, 0.717) is 6.42 Å². The Kier molecular flexibility index (Phi) is 10.5. The molecule has 0 aromatic rings. The van der Waals surface area contributed by atoms with Crippen molar-refractivity contribution in [1.29, 1.82) is 5.26 Å². The molecule has 2 nitrogen and oxygen atoms in total.